The van der Waals surface area contributed by atoms with Crippen LogP contribution in [0.15, 0.2) is 60.1 Å². The van der Waals surface area contributed by atoms with Crippen molar-refractivity contribution in [1.29, 1.82) is 0 Å². The summed E-state index contributed by atoms with van der Waals surface area (Å²) in [4.78, 5) is 20.6. The number of aromatic hydroxyl groups is 1. The average Bonchev–Trinajstić information content (AvgIpc) is 3.05. The first-order valence-electron chi connectivity index (χ1n) is 7.98. The normalized spacial score (nSPS) is 16.1. The highest BCUT2D eigenvalue weighted by Crippen LogP contribution is 2.35. The van der Waals surface area contributed by atoms with Crippen molar-refractivity contribution in [3.05, 3.63) is 65.6 Å². The molecule has 1 aromatic carbocycles. The SMILES string of the molecule is CC1=C(C(N)=O)C(c2ccncc2)n2nc(-c3ccc(O)cc3)nc2N1. The van der Waals surface area contributed by atoms with E-state index in [2.05, 4.69) is 20.4 Å². The van der Waals surface area contributed by atoms with Gasteiger partial charge in [0.1, 0.15) is 11.8 Å². The van der Waals surface area contributed by atoms with E-state index in [9.17, 15) is 9.90 Å². The minimum absolute atomic E-state index is 0.166. The Hall–Kier alpha value is -3.68. The molecule has 1 atom stereocenters. The van der Waals surface area contributed by atoms with E-state index in [4.69, 9.17) is 5.73 Å². The number of phenolic OH excluding ortho intramolecular Hbond substituents is 1. The topological polar surface area (TPSA) is 119 Å². The maximum absolute atomic E-state index is 12.1. The molecule has 0 saturated heterocycles. The fraction of sp³-hybridized carbons (Fsp3) is 0.111. The lowest BCUT2D eigenvalue weighted by Crippen LogP contribution is -2.31. The van der Waals surface area contributed by atoms with Gasteiger partial charge in [-0.15, -0.1) is 5.10 Å². The Bertz CT molecular complexity index is 1010. The number of primary amides is 1. The van der Waals surface area contributed by atoms with Crippen LogP contribution in [0.5, 0.6) is 5.75 Å². The van der Waals surface area contributed by atoms with Crippen LogP contribution in [0.25, 0.3) is 11.4 Å². The number of pyridine rings is 1. The van der Waals surface area contributed by atoms with Crippen LogP contribution < -0.4 is 11.1 Å². The lowest BCUT2D eigenvalue weighted by molar-refractivity contribution is -0.115. The third kappa shape index (κ3) is 2.57. The second-order valence-electron chi connectivity index (χ2n) is 5.96. The number of phenols is 1. The maximum atomic E-state index is 12.1. The lowest BCUT2D eigenvalue weighted by Gasteiger charge is -2.27. The van der Waals surface area contributed by atoms with E-state index >= 15 is 0 Å². The average molecular weight is 348 g/mol. The van der Waals surface area contributed by atoms with Crippen LogP contribution in [-0.4, -0.2) is 30.8 Å². The molecule has 3 aromatic rings. The number of aromatic nitrogens is 4. The van der Waals surface area contributed by atoms with Gasteiger partial charge in [-0.25, -0.2) is 4.68 Å². The predicted molar refractivity (Wildman–Crippen MR) is 95.0 cm³/mol. The minimum Gasteiger partial charge on any atom is -0.508 e. The fourth-order valence-electron chi connectivity index (χ4n) is 3.06. The second kappa shape index (κ2) is 5.99. The summed E-state index contributed by atoms with van der Waals surface area (Å²) < 4.78 is 1.64. The fourth-order valence-corrected chi connectivity index (χ4v) is 3.06. The van der Waals surface area contributed by atoms with E-state index in [1.165, 1.54) is 0 Å². The van der Waals surface area contributed by atoms with Crippen molar-refractivity contribution >= 4 is 11.9 Å². The van der Waals surface area contributed by atoms with E-state index in [1.54, 1.807) is 48.3 Å². The highest BCUT2D eigenvalue weighted by atomic mass is 16.3. The number of nitrogens with zero attached hydrogens (tertiary/aromatic N) is 4. The molecule has 1 amide bonds. The van der Waals surface area contributed by atoms with Crippen LogP contribution in [0, 0.1) is 0 Å². The van der Waals surface area contributed by atoms with Crippen molar-refractivity contribution in [1.82, 2.24) is 19.7 Å². The molecule has 0 bridgehead atoms. The van der Waals surface area contributed by atoms with Crippen molar-refractivity contribution in [2.75, 3.05) is 5.32 Å². The van der Waals surface area contributed by atoms with Crippen molar-refractivity contribution in [3.8, 4) is 17.1 Å². The summed E-state index contributed by atoms with van der Waals surface area (Å²) >= 11 is 0. The minimum atomic E-state index is -0.524. The number of rotatable bonds is 3. The number of amides is 1. The largest absolute Gasteiger partial charge is 0.508 e. The van der Waals surface area contributed by atoms with Crippen molar-refractivity contribution < 1.29 is 9.90 Å². The zero-order valence-electron chi connectivity index (χ0n) is 13.9. The molecular weight excluding hydrogens is 332 g/mol. The summed E-state index contributed by atoms with van der Waals surface area (Å²) in [7, 11) is 0. The van der Waals surface area contributed by atoms with Gasteiger partial charge in [-0.1, -0.05) is 0 Å². The molecule has 130 valence electrons. The quantitative estimate of drug-likeness (QED) is 0.664. The zero-order valence-corrected chi connectivity index (χ0v) is 13.9. The molecule has 4 N–H and O–H groups in total. The molecule has 0 fully saturated rings. The molecular formula is C18H16N6O2. The van der Waals surface area contributed by atoms with Crippen molar-refractivity contribution in [3.63, 3.8) is 0 Å². The van der Waals surface area contributed by atoms with Crippen LogP contribution in [0.2, 0.25) is 0 Å². The number of carbonyl (C=O) groups is 1. The first kappa shape index (κ1) is 15.8. The molecule has 1 unspecified atom stereocenters. The number of allylic oxidation sites excluding steroid dienone is 1. The van der Waals surface area contributed by atoms with Gasteiger partial charge in [-0.2, -0.15) is 4.98 Å². The van der Waals surface area contributed by atoms with Gasteiger partial charge in [0.15, 0.2) is 5.82 Å². The van der Waals surface area contributed by atoms with E-state index < -0.39 is 11.9 Å². The molecule has 26 heavy (non-hydrogen) atoms. The highest BCUT2D eigenvalue weighted by Gasteiger charge is 2.33. The second-order valence-corrected chi connectivity index (χ2v) is 5.96. The number of fused-ring (bicyclic) bond motifs is 1. The van der Waals surface area contributed by atoms with Gasteiger partial charge in [-0.05, 0) is 48.9 Å². The number of nitrogens with two attached hydrogens (primary N) is 1. The van der Waals surface area contributed by atoms with Crippen LogP contribution in [0.4, 0.5) is 5.95 Å². The Morgan fingerprint density at radius 2 is 1.88 bits per heavy atom. The Balaban J connectivity index is 1.87. The number of nitrogens with one attached hydrogen (secondary N) is 1. The molecule has 0 saturated carbocycles. The summed E-state index contributed by atoms with van der Waals surface area (Å²) in [6.07, 6.45) is 3.31. The molecule has 4 rings (SSSR count). The maximum Gasteiger partial charge on any atom is 0.248 e. The van der Waals surface area contributed by atoms with Crippen molar-refractivity contribution in [2.24, 2.45) is 5.73 Å². The summed E-state index contributed by atoms with van der Waals surface area (Å²) in [5.41, 5.74) is 8.27. The summed E-state index contributed by atoms with van der Waals surface area (Å²) in [5, 5.41) is 17.1. The smallest absolute Gasteiger partial charge is 0.248 e. The van der Waals surface area contributed by atoms with Gasteiger partial charge in [-0.3, -0.25) is 9.78 Å². The first-order valence-corrected chi connectivity index (χ1v) is 7.98. The van der Waals surface area contributed by atoms with Crippen LogP contribution >= 0.6 is 0 Å². The zero-order chi connectivity index (χ0) is 18.3. The van der Waals surface area contributed by atoms with Crippen molar-refractivity contribution in [2.45, 2.75) is 13.0 Å². The molecule has 2 aromatic heterocycles. The molecule has 1 aliphatic rings. The molecule has 3 heterocycles. The number of carbonyl (C=O) groups excluding carboxylic acids is 1. The Kier molecular flexibility index (Phi) is 3.65. The van der Waals surface area contributed by atoms with E-state index in [1.807, 2.05) is 12.1 Å². The summed E-state index contributed by atoms with van der Waals surface area (Å²) in [6, 6.07) is 9.74. The van der Waals surface area contributed by atoms with Gasteiger partial charge >= 0.3 is 0 Å². The third-order valence-electron chi connectivity index (χ3n) is 4.27. The summed E-state index contributed by atoms with van der Waals surface area (Å²) in [5.74, 6) is 0.630. The van der Waals surface area contributed by atoms with Crippen LogP contribution in [-0.2, 0) is 4.79 Å². The highest BCUT2D eigenvalue weighted by molar-refractivity contribution is 5.95. The predicted octanol–water partition coefficient (Wildman–Crippen LogP) is 1.82. The Labute approximate surface area is 149 Å². The number of hydrogen-bond acceptors (Lipinski definition) is 6. The molecule has 8 heteroatoms. The molecule has 8 nitrogen and oxygen atoms in total. The van der Waals surface area contributed by atoms with Gasteiger partial charge in [0.25, 0.3) is 0 Å². The first-order chi connectivity index (χ1) is 12.5. The van der Waals surface area contributed by atoms with E-state index in [0.29, 0.717) is 23.0 Å². The van der Waals surface area contributed by atoms with Gasteiger partial charge in [0.2, 0.25) is 11.9 Å². The number of hydrogen-bond donors (Lipinski definition) is 3. The van der Waals surface area contributed by atoms with Crippen LogP contribution in [0.1, 0.15) is 18.5 Å². The monoisotopic (exact) mass is 348 g/mol. The van der Waals surface area contributed by atoms with Gasteiger partial charge < -0.3 is 16.2 Å². The molecule has 1 aliphatic heterocycles. The molecule has 0 aliphatic carbocycles. The lowest BCUT2D eigenvalue weighted by atomic mass is 9.96. The van der Waals surface area contributed by atoms with E-state index in [-0.39, 0.29) is 5.75 Å². The number of benzene rings is 1. The molecule has 0 radical (unpaired) electrons. The van der Waals surface area contributed by atoms with Gasteiger partial charge in [0.05, 0.1) is 5.57 Å². The Morgan fingerprint density at radius 1 is 1.19 bits per heavy atom. The van der Waals surface area contributed by atoms with Gasteiger partial charge in [0, 0.05) is 23.7 Å². The third-order valence-corrected chi connectivity index (χ3v) is 4.27. The Morgan fingerprint density at radius 3 is 2.54 bits per heavy atom. The standard InChI is InChI=1S/C18H16N6O2/c1-10-14(16(19)26)15(11-6-8-20-9-7-11)24-18(21-10)22-17(23-24)12-2-4-13(25)5-3-12/h2-9,15,25H,1H3,(H2,19,26)(H,21,22,23). The summed E-state index contributed by atoms with van der Waals surface area (Å²) in [6.45, 7) is 1.78. The molecule has 0 spiro atoms. The number of anilines is 1. The van der Waals surface area contributed by atoms with Crippen LogP contribution in [0.3, 0.4) is 0 Å². The van der Waals surface area contributed by atoms with E-state index in [0.717, 1.165) is 11.1 Å².